The first-order chi connectivity index (χ1) is 8.74. The van der Waals surface area contributed by atoms with Crippen LogP contribution in [0, 0.1) is 11.3 Å². The standard InChI is InChI=1S/C14H17N3O/c1-2-13-14(18)17(7-6-16-13)10-12-5-3-4-11(8-12)9-15/h3-5,8,13,16H,2,6-7,10H2,1H3. The van der Waals surface area contributed by atoms with Crippen LogP contribution in [0.25, 0.3) is 0 Å². The van der Waals surface area contributed by atoms with Gasteiger partial charge in [-0.1, -0.05) is 19.1 Å². The molecule has 4 heteroatoms. The number of carbonyl (C=O) groups is 1. The topological polar surface area (TPSA) is 56.1 Å². The first-order valence-electron chi connectivity index (χ1n) is 6.25. The van der Waals surface area contributed by atoms with Gasteiger partial charge < -0.3 is 10.2 Å². The maximum absolute atomic E-state index is 12.1. The molecule has 1 unspecified atom stereocenters. The normalized spacial score (nSPS) is 19.7. The quantitative estimate of drug-likeness (QED) is 0.869. The second-order valence-corrected chi connectivity index (χ2v) is 4.49. The number of benzene rings is 1. The number of nitrogens with one attached hydrogen (secondary N) is 1. The highest BCUT2D eigenvalue weighted by Gasteiger charge is 2.26. The van der Waals surface area contributed by atoms with Crippen LogP contribution < -0.4 is 5.32 Å². The summed E-state index contributed by atoms with van der Waals surface area (Å²) in [4.78, 5) is 14.0. The molecule has 94 valence electrons. The second-order valence-electron chi connectivity index (χ2n) is 4.49. The molecule has 0 spiro atoms. The molecule has 2 rings (SSSR count). The van der Waals surface area contributed by atoms with E-state index in [1.54, 1.807) is 6.07 Å². The van der Waals surface area contributed by atoms with E-state index in [0.29, 0.717) is 12.1 Å². The molecule has 4 nitrogen and oxygen atoms in total. The van der Waals surface area contributed by atoms with Gasteiger partial charge >= 0.3 is 0 Å². The van der Waals surface area contributed by atoms with Gasteiger partial charge in [-0.2, -0.15) is 5.26 Å². The Labute approximate surface area is 107 Å². The third-order valence-corrected chi connectivity index (χ3v) is 3.22. The minimum Gasteiger partial charge on any atom is -0.336 e. The van der Waals surface area contributed by atoms with Gasteiger partial charge in [0.25, 0.3) is 0 Å². The predicted molar refractivity (Wildman–Crippen MR) is 68.7 cm³/mol. The van der Waals surface area contributed by atoms with E-state index >= 15 is 0 Å². The lowest BCUT2D eigenvalue weighted by Gasteiger charge is -2.32. The van der Waals surface area contributed by atoms with Crippen molar-refractivity contribution in [3.63, 3.8) is 0 Å². The van der Waals surface area contributed by atoms with Gasteiger partial charge in [0.2, 0.25) is 5.91 Å². The number of hydrogen-bond donors (Lipinski definition) is 1. The number of carbonyl (C=O) groups excluding carboxylic acids is 1. The molecule has 1 aliphatic heterocycles. The summed E-state index contributed by atoms with van der Waals surface area (Å²) in [7, 11) is 0. The molecule has 0 aromatic heterocycles. The van der Waals surface area contributed by atoms with E-state index in [2.05, 4.69) is 11.4 Å². The Morgan fingerprint density at radius 1 is 1.56 bits per heavy atom. The number of hydrogen-bond acceptors (Lipinski definition) is 3. The Morgan fingerprint density at radius 2 is 2.39 bits per heavy atom. The Kier molecular flexibility index (Phi) is 3.96. The molecule has 18 heavy (non-hydrogen) atoms. The lowest BCUT2D eigenvalue weighted by molar-refractivity contribution is -0.136. The second kappa shape index (κ2) is 5.65. The minimum atomic E-state index is -0.0575. The van der Waals surface area contributed by atoms with Gasteiger partial charge in [0.15, 0.2) is 0 Å². The van der Waals surface area contributed by atoms with Gasteiger partial charge in [-0.25, -0.2) is 0 Å². The van der Waals surface area contributed by atoms with Crippen molar-refractivity contribution in [2.24, 2.45) is 0 Å². The molecule has 1 fully saturated rings. The maximum atomic E-state index is 12.1. The summed E-state index contributed by atoms with van der Waals surface area (Å²) in [5, 5.41) is 12.1. The summed E-state index contributed by atoms with van der Waals surface area (Å²) in [6.45, 7) is 4.16. The number of nitriles is 1. The van der Waals surface area contributed by atoms with Crippen LogP contribution in [0.15, 0.2) is 24.3 Å². The summed E-state index contributed by atoms with van der Waals surface area (Å²) in [5.74, 6) is 0.158. The van der Waals surface area contributed by atoms with Crippen LogP contribution in [0.5, 0.6) is 0 Å². The van der Waals surface area contributed by atoms with Crippen LogP contribution in [0.3, 0.4) is 0 Å². The van der Waals surface area contributed by atoms with Crippen molar-refractivity contribution in [2.45, 2.75) is 25.9 Å². The first kappa shape index (κ1) is 12.6. The zero-order valence-corrected chi connectivity index (χ0v) is 10.5. The Bertz CT molecular complexity index is 478. The van der Waals surface area contributed by atoms with Gasteiger partial charge in [0.05, 0.1) is 17.7 Å². The van der Waals surface area contributed by atoms with Gasteiger partial charge in [-0.15, -0.1) is 0 Å². The van der Waals surface area contributed by atoms with E-state index in [1.165, 1.54) is 0 Å². The smallest absolute Gasteiger partial charge is 0.240 e. The zero-order valence-electron chi connectivity index (χ0n) is 10.5. The third kappa shape index (κ3) is 2.69. The van der Waals surface area contributed by atoms with E-state index in [4.69, 9.17) is 5.26 Å². The molecule has 0 aliphatic carbocycles. The van der Waals surface area contributed by atoms with Crippen molar-refractivity contribution in [3.05, 3.63) is 35.4 Å². The number of amides is 1. The summed E-state index contributed by atoms with van der Waals surface area (Å²) in [6, 6.07) is 9.50. The zero-order chi connectivity index (χ0) is 13.0. The maximum Gasteiger partial charge on any atom is 0.240 e. The van der Waals surface area contributed by atoms with Crippen molar-refractivity contribution in [2.75, 3.05) is 13.1 Å². The van der Waals surface area contributed by atoms with E-state index in [0.717, 1.165) is 25.1 Å². The highest BCUT2D eigenvalue weighted by Crippen LogP contribution is 2.11. The number of rotatable bonds is 3. The average Bonchev–Trinajstić information content (AvgIpc) is 2.41. The summed E-state index contributed by atoms with van der Waals surface area (Å²) in [5.41, 5.74) is 1.65. The van der Waals surface area contributed by atoms with E-state index in [1.807, 2.05) is 30.0 Å². The SMILES string of the molecule is CCC1NCCN(Cc2cccc(C#N)c2)C1=O. The molecule has 1 aromatic carbocycles. The van der Waals surface area contributed by atoms with Gasteiger partial charge in [0, 0.05) is 19.6 Å². The minimum absolute atomic E-state index is 0.0575. The van der Waals surface area contributed by atoms with Crippen LogP contribution in [0.2, 0.25) is 0 Å². The summed E-state index contributed by atoms with van der Waals surface area (Å²) in [6.07, 6.45) is 0.813. The Morgan fingerprint density at radius 3 is 3.11 bits per heavy atom. The number of piperazine rings is 1. The average molecular weight is 243 g/mol. The fourth-order valence-corrected chi connectivity index (χ4v) is 2.23. The third-order valence-electron chi connectivity index (χ3n) is 3.22. The fraction of sp³-hybridized carbons (Fsp3) is 0.429. The van der Waals surface area contributed by atoms with Crippen LogP contribution in [0.1, 0.15) is 24.5 Å². The van der Waals surface area contributed by atoms with Crippen molar-refractivity contribution >= 4 is 5.91 Å². The summed E-state index contributed by atoms with van der Waals surface area (Å²) < 4.78 is 0. The van der Waals surface area contributed by atoms with Crippen molar-refractivity contribution in [1.82, 2.24) is 10.2 Å². The molecule has 1 N–H and O–H groups in total. The summed E-state index contributed by atoms with van der Waals surface area (Å²) >= 11 is 0. The largest absolute Gasteiger partial charge is 0.336 e. The highest BCUT2D eigenvalue weighted by molar-refractivity contribution is 5.82. The van der Waals surface area contributed by atoms with Gasteiger partial charge in [-0.05, 0) is 24.1 Å². The molecular weight excluding hydrogens is 226 g/mol. The van der Waals surface area contributed by atoms with Crippen molar-refractivity contribution < 1.29 is 4.79 Å². The number of nitrogens with zero attached hydrogens (tertiary/aromatic N) is 2. The molecule has 1 aromatic rings. The monoisotopic (exact) mass is 243 g/mol. The highest BCUT2D eigenvalue weighted by atomic mass is 16.2. The molecule has 1 heterocycles. The van der Waals surface area contributed by atoms with E-state index < -0.39 is 0 Å². The lowest BCUT2D eigenvalue weighted by atomic mass is 10.1. The van der Waals surface area contributed by atoms with Crippen LogP contribution in [-0.4, -0.2) is 29.9 Å². The van der Waals surface area contributed by atoms with Crippen molar-refractivity contribution in [1.29, 1.82) is 5.26 Å². The predicted octanol–water partition coefficient (Wildman–Crippen LogP) is 1.27. The first-order valence-corrected chi connectivity index (χ1v) is 6.25. The van der Waals surface area contributed by atoms with Crippen LogP contribution in [-0.2, 0) is 11.3 Å². The van der Waals surface area contributed by atoms with Crippen LogP contribution >= 0.6 is 0 Å². The molecule has 1 amide bonds. The fourth-order valence-electron chi connectivity index (χ4n) is 2.23. The Hall–Kier alpha value is -1.86. The Balaban J connectivity index is 2.08. The van der Waals surface area contributed by atoms with Gasteiger partial charge in [0.1, 0.15) is 0 Å². The molecule has 1 atom stereocenters. The van der Waals surface area contributed by atoms with Crippen LogP contribution in [0.4, 0.5) is 0 Å². The molecule has 1 saturated heterocycles. The molecule has 1 aliphatic rings. The van der Waals surface area contributed by atoms with Crippen molar-refractivity contribution in [3.8, 4) is 6.07 Å². The lowest BCUT2D eigenvalue weighted by Crippen LogP contribution is -2.54. The van der Waals surface area contributed by atoms with E-state index in [9.17, 15) is 4.79 Å². The van der Waals surface area contributed by atoms with Gasteiger partial charge in [-0.3, -0.25) is 4.79 Å². The molecular formula is C14H17N3O. The molecule has 0 bridgehead atoms. The molecule has 0 saturated carbocycles. The van der Waals surface area contributed by atoms with E-state index in [-0.39, 0.29) is 11.9 Å². The molecule has 0 radical (unpaired) electrons.